The van der Waals surface area contributed by atoms with Crippen LogP contribution >= 0.6 is 0 Å². The summed E-state index contributed by atoms with van der Waals surface area (Å²) in [5, 5.41) is 18.6. The van der Waals surface area contributed by atoms with Gasteiger partial charge in [0.05, 0.1) is 13.2 Å². The maximum absolute atomic E-state index is 12.3. The molecule has 0 saturated carbocycles. The lowest BCUT2D eigenvalue weighted by Crippen LogP contribution is -2.44. The van der Waals surface area contributed by atoms with Gasteiger partial charge in [-0.3, -0.25) is 0 Å². The SMILES string of the molecule is CC(CO)NCC(F)(F)C(=O)O. The van der Waals surface area contributed by atoms with E-state index < -0.39 is 24.5 Å². The molecule has 0 fully saturated rings. The maximum Gasteiger partial charge on any atom is 0.375 e. The van der Waals surface area contributed by atoms with E-state index in [9.17, 15) is 13.6 Å². The molecule has 1 atom stereocenters. The van der Waals surface area contributed by atoms with Crippen molar-refractivity contribution in [2.75, 3.05) is 13.2 Å². The Hall–Kier alpha value is -0.750. The number of hydrogen-bond acceptors (Lipinski definition) is 3. The fourth-order valence-electron chi connectivity index (χ4n) is 0.443. The van der Waals surface area contributed by atoms with E-state index in [2.05, 4.69) is 5.32 Å². The third kappa shape index (κ3) is 3.59. The molecule has 0 amide bonds. The van der Waals surface area contributed by atoms with Gasteiger partial charge in [0.25, 0.3) is 0 Å². The summed E-state index contributed by atoms with van der Waals surface area (Å²) < 4.78 is 24.6. The quantitative estimate of drug-likeness (QED) is 0.546. The number of alkyl halides is 2. The molecule has 1 unspecified atom stereocenters. The molecular formula is C6H11F2NO3. The van der Waals surface area contributed by atoms with Gasteiger partial charge in [-0.15, -0.1) is 0 Å². The van der Waals surface area contributed by atoms with Crippen LogP contribution in [0.4, 0.5) is 8.78 Å². The molecule has 0 rings (SSSR count). The van der Waals surface area contributed by atoms with Gasteiger partial charge >= 0.3 is 11.9 Å². The number of carboxylic acid groups (broad SMARTS) is 1. The van der Waals surface area contributed by atoms with Crippen molar-refractivity contribution in [1.29, 1.82) is 0 Å². The van der Waals surface area contributed by atoms with Crippen molar-refractivity contribution in [2.24, 2.45) is 0 Å². The molecule has 4 nitrogen and oxygen atoms in total. The van der Waals surface area contributed by atoms with E-state index in [1.807, 2.05) is 0 Å². The lowest BCUT2D eigenvalue weighted by Gasteiger charge is -2.15. The van der Waals surface area contributed by atoms with Crippen LogP contribution in [-0.4, -0.2) is 41.3 Å². The zero-order valence-electron chi connectivity index (χ0n) is 6.55. The first-order valence-electron chi connectivity index (χ1n) is 3.35. The van der Waals surface area contributed by atoms with E-state index >= 15 is 0 Å². The van der Waals surface area contributed by atoms with Gasteiger partial charge in [0, 0.05) is 6.04 Å². The van der Waals surface area contributed by atoms with E-state index in [0.717, 1.165) is 0 Å². The highest BCUT2D eigenvalue weighted by Crippen LogP contribution is 2.11. The standard InChI is InChI=1S/C6H11F2NO3/c1-4(2-10)9-3-6(7,8)5(11)12/h4,9-10H,2-3H2,1H3,(H,11,12). The maximum atomic E-state index is 12.3. The summed E-state index contributed by atoms with van der Waals surface area (Å²) in [5.74, 6) is -5.94. The molecule has 0 aliphatic rings. The van der Waals surface area contributed by atoms with Crippen LogP contribution in [-0.2, 0) is 4.79 Å². The first-order chi connectivity index (χ1) is 5.40. The van der Waals surface area contributed by atoms with Gasteiger partial charge in [0.15, 0.2) is 0 Å². The van der Waals surface area contributed by atoms with Crippen molar-refractivity contribution in [3.8, 4) is 0 Å². The second kappa shape index (κ2) is 4.32. The Morgan fingerprint density at radius 1 is 1.67 bits per heavy atom. The highest BCUT2D eigenvalue weighted by molar-refractivity contribution is 5.75. The Bertz CT molecular complexity index is 163. The van der Waals surface area contributed by atoms with Crippen molar-refractivity contribution in [3.63, 3.8) is 0 Å². The topological polar surface area (TPSA) is 69.6 Å². The molecule has 0 spiro atoms. The van der Waals surface area contributed by atoms with E-state index in [4.69, 9.17) is 10.2 Å². The number of aliphatic carboxylic acids is 1. The van der Waals surface area contributed by atoms with Crippen LogP contribution in [0.15, 0.2) is 0 Å². The summed E-state index contributed by atoms with van der Waals surface area (Å²) >= 11 is 0. The summed E-state index contributed by atoms with van der Waals surface area (Å²) in [7, 11) is 0. The Kier molecular flexibility index (Phi) is 4.05. The van der Waals surface area contributed by atoms with Crippen LogP contribution in [0.3, 0.4) is 0 Å². The lowest BCUT2D eigenvalue weighted by molar-refractivity contribution is -0.164. The van der Waals surface area contributed by atoms with Crippen molar-refractivity contribution >= 4 is 5.97 Å². The van der Waals surface area contributed by atoms with Crippen molar-refractivity contribution in [2.45, 2.75) is 18.9 Å². The van der Waals surface area contributed by atoms with Crippen LogP contribution in [0.5, 0.6) is 0 Å². The predicted octanol–water partition coefficient (Wildman–Crippen LogP) is -0.323. The summed E-state index contributed by atoms with van der Waals surface area (Å²) in [6, 6.07) is -0.532. The number of carboxylic acids is 1. The number of halogens is 2. The van der Waals surface area contributed by atoms with Crippen molar-refractivity contribution in [1.82, 2.24) is 5.32 Å². The number of nitrogens with one attached hydrogen (secondary N) is 1. The van der Waals surface area contributed by atoms with Crippen LogP contribution < -0.4 is 5.32 Å². The largest absolute Gasteiger partial charge is 0.477 e. The number of aliphatic hydroxyl groups is 1. The average Bonchev–Trinajstić information content (AvgIpc) is 2.00. The minimum atomic E-state index is -3.77. The molecule has 0 radical (unpaired) electrons. The molecule has 0 aliphatic heterocycles. The zero-order chi connectivity index (χ0) is 9.78. The molecule has 0 aromatic carbocycles. The molecule has 12 heavy (non-hydrogen) atoms. The summed E-state index contributed by atoms with van der Waals surface area (Å²) in [6.45, 7) is 0.192. The van der Waals surface area contributed by atoms with Gasteiger partial charge in [0.1, 0.15) is 0 Å². The van der Waals surface area contributed by atoms with Crippen LogP contribution in [0, 0.1) is 0 Å². The van der Waals surface area contributed by atoms with Crippen molar-refractivity contribution < 1.29 is 23.8 Å². The fourth-order valence-corrected chi connectivity index (χ4v) is 0.443. The van der Waals surface area contributed by atoms with E-state index in [0.29, 0.717) is 0 Å². The van der Waals surface area contributed by atoms with Crippen LogP contribution in [0.2, 0.25) is 0 Å². The van der Waals surface area contributed by atoms with Gasteiger partial charge in [-0.05, 0) is 6.92 Å². The molecule has 0 aromatic heterocycles. The molecule has 0 heterocycles. The average molecular weight is 183 g/mol. The fraction of sp³-hybridized carbons (Fsp3) is 0.833. The number of aliphatic hydroxyl groups excluding tert-OH is 1. The monoisotopic (exact) mass is 183 g/mol. The predicted molar refractivity (Wildman–Crippen MR) is 37.1 cm³/mol. The summed E-state index contributed by atoms with van der Waals surface area (Å²) in [4.78, 5) is 9.87. The van der Waals surface area contributed by atoms with Crippen LogP contribution in [0.1, 0.15) is 6.92 Å². The summed E-state index contributed by atoms with van der Waals surface area (Å²) in [6.07, 6.45) is 0. The first kappa shape index (κ1) is 11.2. The minimum Gasteiger partial charge on any atom is -0.477 e. The molecule has 0 saturated heterocycles. The molecular weight excluding hydrogens is 172 g/mol. The zero-order valence-corrected chi connectivity index (χ0v) is 6.55. The normalized spacial score (nSPS) is 14.3. The van der Waals surface area contributed by atoms with Gasteiger partial charge in [-0.1, -0.05) is 0 Å². The number of rotatable bonds is 5. The molecule has 3 N–H and O–H groups in total. The lowest BCUT2D eigenvalue weighted by atomic mass is 10.3. The third-order valence-corrected chi connectivity index (χ3v) is 1.26. The van der Waals surface area contributed by atoms with Gasteiger partial charge in [-0.25, -0.2) is 4.79 Å². The highest BCUT2D eigenvalue weighted by atomic mass is 19.3. The Morgan fingerprint density at radius 2 is 2.17 bits per heavy atom. The summed E-state index contributed by atoms with van der Waals surface area (Å²) in [5.41, 5.74) is 0. The van der Waals surface area contributed by atoms with E-state index in [1.165, 1.54) is 6.92 Å². The molecule has 0 aliphatic carbocycles. The van der Waals surface area contributed by atoms with Crippen molar-refractivity contribution in [3.05, 3.63) is 0 Å². The molecule has 0 aromatic rings. The third-order valence-electron chi connectivity index (χ3n) is 1.26. The Balaban J connectivity index is 3.83. The molecule has 72 valence electrons. The Labute approximate surface area is 68.2 Å². The second-order valence-corrected chi connectivity index (χ2v) is 2.47. The first-order valence-corrected chi connectivity index (χ1v) is 3.35. The van der Waals surface area contributed by atoms with Gasteiger partial charge in [0.2, 0.25) is 0 Å². The minimum absolute atomic E-state index is 0.310. The smallest absolute Gasteiger partial charge is 0.375 e. The number of carbonyl (C=O) groups is 1. The van der Waals surface area contributed by atoms with Gasteiger partial charge < -0.3 is 15.5 Å². The van der Waals surface area contributed by atoms with E-state index in [-0.39, 0.29) is 6.61 Å². The van der Waals surface area contributed by atoms with Crippen LogP contribution in [0.25, 0.3) is 0 Å². The number of hydrogen-bond donors (Lipinski definition) is 3. The molecule has 0 bridgehead atoms. The Morgan fingerprint density at radius 3 is 2.50 bits per heavy atom. The molecule has 6 heteroatoms. The second-order valence-electron chi connectivity index (χ2n) is 2.47. The van der Waals surface area contributed by atoms with Gasteiger partial charge in [-0.2, -0.15) is 8.78 Å². The highest BCUT2D eigenvalue weighted by Gasteiger charge is 2.38. The van der Waals surface area contributed by atoms with E-state index in [1.54, 1.807) is 0 Å².